The number of carbonyl (C=O) groups excluding carboxylic acids is 1. The first-order chi connectivity index (χ1) is 18.1. The quantitative estimate of drug-likeness (QED) is 0.377. The molecule has 2 aliphatic heterocycles. The Labute approximate surface area is 223 Å². The molecule has 2 aliphatic rings. The number of morpholine rings is 1. The number of thiophene rings is 1. The number of ether oxygens (including phenoxy) is 1. The average Bonchev–Trinajstić information content (AvgIpc) is 3.51. The van der Waals surface area contributed by atoms with Crippen LogP contribution in [-0.4, -0.2) is 68.3 Å². The molecule has 0 unspecified atom stereocenters. The Morgan fingerprint density at radius 2 is 1.65 bits per heavy atom. The van der Waals surface area contributed by atoms with Crippen LogP contribution in [0.2, 0.25) is 0 Å². The lowest BCUT2D eigenvalue weighted by molar-refractivity contribution is 0.103. The monoisotopic (exact) mass is 537 g/mol. The van der Waals surface area contributed by atoms with Crippen molar-refractivity contribution in [3.8, 4) is 0 Å². The van der Waals surface area contributed by atoms with Crippen LogP contribution in [0.3, 0.4) is 0 Å². The fourth-order valence-electron chi connectivity index (χ4n) is 4.69. The van der Waals surface area contributed by atoms with E-state index in [0.717, 1.165) is 85.1 Å². The Morgan fingerprint density at radius 3 is 2.35 bits per heavy atom. The molecular formula is C27H28FN5O2S2. The van der Waals surface area contributed by atoms with Gasteiger partial charge in [-0.25, -0.2) is 9.37 Å². The normalized spacial score (nSPS) is 16.9. The van der Waals surface area contributed by atoms with E-state index < -0.39 is 0 Å². The van der Waals surface area contributed by atoms with Gasteiger partial charge in [0.05, 0.1) is 22.8 Å². The van der Waals surface area contributed by atoms with Gasteiger partial charge in [-0.3, -0.25) is 9.69 Å². The smallest absolute Gasteiger partial charge is 0.265 e. The molecule has 0 spiro atoms. The molecule has 0 atom stereocenters. The van der Waals surface area contributed by atoms with Gasteiger partial charge in [0.2, 0.25) is 0 Å². The zero-order chi connectivity index (χ0) is 25.2. The minimum absolute atomic E-state index is 0.104. The number of piperazine rings is 1. The summed E-state index contributed by atoms with van der Waals surface area (Å²) in [6.07, 6.45) is 0. The topological polar surface area (TPSA) is 60.9 Å². The number of hydrogen-bond donors (Lipinski definition) is 1. The first-order valence-electron chi connectivity index (χ1n) is 12.5. The summed E-state index contributed by atoms with van der Waals surface area (Å²) in [6.45, 7) is 7.78. The van der Waals surface area contributed by atoms with Crippen molar-refractivity contribution in [3.05, 3.63) is 70.9 Å². The van der Waals surface area contributed by atoms with Crippen molar-refractivity contribution >= 4 is 54.6 Å². The van der Waals surface area contributed by atoms with E-state index in [9.17, 15) is 9.18 Å². The van der Waals surface area contributed by atoms with Crippen molar-refractivity contribution in [2.75, 3.05) is 67.6 Å². The highest BCUT2D eigenvalue weighted by Gasteiger charge is 2.20. The SMILES string of the molecule is O=C(Nc1ccc(CN2CCN(c3ccc(F)cc3)CC2)cc1)c1cc2sc(N3CCOCC3)nc2s1. The minimum atomic E-state index is -0.202. The van der Waals surface area contributed by atoms with E-state index in [1.807, 2.05) is 30.3 Å². The van der Waals surface area contributed by atoms with Gasteiger partial charge in [-0.15, -0.1) is 11.3 Å². The molecule has 0 saturated carbocycles. The molecule has 2 fully saturated rings. The predicted molar refractivity (Wildman–Crippen MR) is 149 cm³/mol. The van der Waals surface area contributed by atoms with Crippen LogP contribution < -0.4 is 15.1 Å². The standard InChI is InChI=1S/C27H28FN5O2S2/c28-20-3-7-22(8-4-20)32-11-9-31(10-12-32)18-19-1-5-21(6-2-19)29-25(34)23-17-24-26(36-23)30-27(37-24)33-13-15-35-16-14-33/h1-8,17H,9-16,18H2,(H,29,34). The van der Waals surface area contributed by atoms with Gasteiger partial charge >= 0.3 is 0 Å². The highest BCUT2D eigenvalue weighted by molar-refractivity contribution is 7.29. The van der Waals surface area contributed by atoms with E-state index in [1.54, 1.807) is 11.3 Å². The number of anilines is 3. The van der Waals surface area contributed by atoms with Crippen LogP contribution in [0.1, 0.15) is 15.2 Å². The number of fused-ring (bicyclic) bond motifs is 1. The van der Waals surface area contributed by atoms with Gasteiger partial charge in [0.25, 0.3) is 5.91 Å². The van der Waals surface area contributed by atoms with E-state index in [1.165, 1.54) is 29.0 Å². The molecule has 2 aromatic carbocycles. The lowest BCUT2D eigenvalue weighted by Crippen LogP contribution is -2.45. The number of nitrogens with one attached hydrogen (secondary N) is 1. The Hall–Kier alpha value is -3.05. The molecule has 2 saturated heterocycles. The minimum Gasteiger partial charge on any atom is -0.378 e. The molecule has 37 heavy (non-hydrogen) atoms. The summed E-state index contributed by atoms with van der Waals surface area (Å²) in [5.41, 5.74) is 3.07. The Morgan fingerprint density at radius 1 is 0.919 bits per heavy atom. The summed E-state index contributed by atoms with van der Waals surface area (Å²) in [7, 11) is 0. The summed E-state index contributed by atoms with van der Waals surface area (Å²) in [5.74, 6) is -0.305. The van der Waals surface area contributed by atoms with E-state index in [0.29, 0.717) is 4.88 Å². The molecule has 4 heterocycles. The van der Waals surface area contributed by atoms with Crippen molar-refractivity contribution in [2.45, 2.75) is 6.54 Å². The summed E-state index contributed by atoms with van der Waals surface area (Å²) in [5, 5.41) is 4.02. The van der Waals surface area contributed by atoms with Crippen molar-refractivity contribution in [3.63, 3.8) is 0 Å². The lowest BCUT2D eigenvalue weighted by atomic mass is 10.1. The number of halogens is 1. The second-order valence-corrected chi connectivity index (χ2v) is 11.3. The maximum absolute atomic E-state index is 13.2. The molecular weight excluding hydrogens is 509 g/mol. The molecule has 192 valence electrons. The summed E-state index contributed by atoms with van der Waals surface area (Å²) in [6, 6.07) is 16.7. The molecule has 6 rings (SSSR count). The predicted octanol–water partition coefficient (Wildman–Crippen LogP) is 4.91. The molecule has 1 N–H and O–H groups in total. The van der Waals surface area contributed by atoms with Gasteiger partial charge in [-0.05, 0) is 48.0 Å². The van der Waals surface area contributed by atoms with Gasteiger partial charge in [0.1, 0.15) is 10.6 Å². The highest BCUT2D eigenvalue weighted by atomic mass is 32.1. The first kappa shape index (κ1) is 24.3. The van der Waals surface area contributed by atoms with E-state index in [2.05, 4.69) is 32.1 Å². The third kappa shape index (κ3) is 5.62. The zero-order valence-corrected chi connectivity index (χ0v) is 22.0. The van der Waals surface area contributed by atoms with Crippen LogP contribution in [0, 0.1) is 5.82 Å². The molecule has 0 radical (unpaired) electrons. The van der Waals surface area contributed by atoms with Crippen LogP contribution >= 0.6 is 22.7 Å². The number of aromatic nitrogens is 1. The fourth-order valence-corrected chi connectivity index (χ4v) is 6.84. The van der Waals surface area contributed by atoms with Crippen LogP contribution in [0.25, 0.3) is 9.53 Å². The van der Waals surface area contributed by atoms with Gasteiger partial charge in [-0.2, -0.15) is 0 Å². The zero-order valence-electron chi connectivity index (χ0n) is 20.4. The number of carbonyl (C=O) groups is 1. The number of hydrogen-bond acceptors (Lipinski definition) is 8. The first-order valence-corrected chi connectivity index (χ1v) is 14.1. The molecule has 10 heteroatoms. The highest BCUT2D eigenvalue weighted by Crippen LogP contribution is 2.35. The van der Waals surface area contributed by atoms with Crippen molar-refractivity contribution in [1.29, 1.82) is 0 Å². The van der Waals surface area contributed by atoms with Gasteiger partial charge in [0.15, 0.2) is 5.13 Å². The molecule has 7 nitrogen and oxygen atoms in total. The molecule has 1 amide bonds. The van der Waals surface area contributed by atoms with Crippen molar-refractivity contribution < 1.29 is 13.9 Å². The number of amides is 1. The van der Waals surface area contributed by atoms with Crippen LogP contribution in [-0.2, 0) is 11.3 Å². The van der Waals surface area contributed by atoms with Crippen LogP contribution in [0.5, 0.6) is 0 Å². The number of benzene rings is 2. The van der Waals surface area contributed by atoms with Crippen LogP contribution in [0.15, 0.2) is 54.6 Å². The van der Waals surface area contributed by atoms with Gasteiger partial charge in [-0.1, -0.05) is 23.5 Å². The molecule has 0 aliphatic carbocycles. The van der Waals surface area contributed by atoms with E-state index in [4.69, 9.17) is 9.72 Å². The number of nitrogens with zero attached hydrogens (tertiary/aromatic N) is 4. The van der Waals surface area contributed by atoms with Crippen molar-refractivity contribution in [2.24, 2.45) is 0 Å². The third-order valence-electron chi connectivity index (χ3n) is 6.77. The summed E-state index contributed by atoms with van der Waals surface area (Å²) in [4.78, 5) is 26.1. The lowest BCUT2D eigenvalue weighted by Gasteiger charge is -2.36. The summed E-state index contributed by atoms with van der Waals surface area (Å²) < 4.78 is 19.7. The molecule has 4 aromatic rings. The summed E-state index contributed by atoms with van der Waals surface area (Å²) >= 11 is 3.07. The molecule has 0 bridgehead atoms. The Kier molecular flexibility index (Phi) is 7.06. The fraction of sp³-hybridized carbons (Fsp3) is 0.333. The average molecular weight is 538 g/mol. The number of thiazole rings is 1. The van der Waals surface area contributed by atoms with E-state index >= 15 is 0 Å². The second kappa shape index (κ2) is 10.7. The van der Waals surface area contributed by atoms with Gasteiger partial charge < -0.3 is 19.9 Å². The van der Waals surface area contributed by atoms with E-state index in [-0.39, 0.29) is 11.7 Å². The maximum atomic E-state index is 13.2. The van der Waals surface area contributed by atoms with Gasteiger partial charge in [0, 0.05) is 57.2 Å². The number of rotatable bonds is 6. The maximum Gasteiger partial charge on any atom is 0.265 e. The Bertz CT molecular complexity index is 1330. The Balaban J connectivity index is 1.01. The largest absolute Gasteiger partial charge is 0.378 e. The van der Waals surface area contributed by atoms with Crippen LogP contribution in [0.4, 0.5) is 20.9 Å². The van der Waals surface area contributed by atoms with Crippen molar-refractivity contribution in [1.82, 2.24) is 9.88 Å². The molecule has 2 aromatic heterocycles. The second-order valence-electron chi connectivity index (χ2n) is 9.27. The third-order valence-corrected chi connectivity index (χ3v) is 8.99.